The van der Waals surface area contributed by atoms with Gasteiger partial charge >= 0.3 is 6.03 Å². The second kappa shape index (κ2) is 5.35. The van der Waals surface area contributed by atoms with Gasteiger partial charge in [0.2, 0.25) is 0 Å². The van der Waals surface area contributed by atoms with E-state index < -0.39 is 0 Å². The Morgan fingerprint density at radius 1 is 1.43 bits per heavy atom. The number of urea groups is 1. The minimum Gasteiger partial charge on any atom is -0.333 e. The molecule has 0 unspecified atom stereocenters. The number of hydrogen-bond acceptors (Lipinski definition) is 2. The number of aryl methyl sites for hydroxylation is 1. The minimum absolute atomic E-state index is 0.0194. The molecule has 2 amide bonds. The van der Waals surface area contributed by atoms with Crippen molar-refractivity contribution in [2.75, 3.05) is 0 Å². The number of rotatable bonds is 3. The molecule has 0 spiro atoms. The average Bonchev–Trinajstić information content (AvgIpc) is 2.68. The summed E-state index contributed by atoms with van der Waals surface area (Å²) < 4.78 is 1.96. The zero-order valence-corrected chi connectivity index (χ0v) is 14.1. The predicted octanol–water partition coefficient (Wildman–Crippen LogP) is 3.25. The van der Waals surface area contributed by atoms with Crippen LogP contribution in [0, 0.1) is 6.92 Å². The topological polar surface area (TPSA) is 59.0 Å². The van der Waals surface area contributed by atoms with E-state index in [1.54, 1.807) is 0 Å². The van der Waals surface area contributed by atoms with E-state index in [0.29, 0.717) is 0 Å². The number of nitrogens with zero attached hydrogens (tertiary/aromatic N) is 2. The van der Waals surface area contributed by atoms with Crippen molar-refractivity contribution in [3.8, 4) is 0 Å². The SMILES string of the molecule is Cc1nn(C(C)(C)C)cc1[C@@H](C)NC(=O)NC1(C)CCC1. The number of amides is 2. The second-order valence-corrected chi connectivity index (χ2v) is 7.52. The second-order valence-electron chi connectivity index (χ2n) is 7.52. The maximum atomic E-state index is 12.1. The molecule has 1 atom stereocenters. The highest BCUT2D eigenvalue weighted by Gasteiger charge is 2.33. The first-order valence-electron chi connectivity index (χ1n) is 7.76. The highest BCUT2D eigenvalue weighted by molar-refractivity contribution is 5.75. The molecule has 1 aliphatic carbocycles. The van der Waals surface area contributed by atoms with Crippen molar-refractivity contribution in [2.45, 2.75) is 77.9 Å². The van der Waals surface area contributed by atoms with E-state index >= 15 is 0 Å². The van der Waals surface area contributed by atoms with Gasteiger partial charge in [0.05, 0.1) is 17.3 Å². The van der Waals surface area contributed by atoms with E-state index in [-0.39, 0.29) is 23.2 Å². The van der Waals surface area contributed by atoms with Crippen LogP contribution in [0.2, 0.25) is 0 Å². The van der Waals surface area contributed by atoms with Crippen LogP contribution in [0.3, 0.4) is 0 Å². The fourth-order valence-electron chi connectivity index (χ4n) is 2.66. The predicted molar refractivity (Wildman–Crippen MR) is 84.3 cm³/mol. The van der Waals surface area contributed by atoms with Crippen LogP contribution in [0.4, 0.5) is 4.79 Å². The van der Waals surface area contributed by atoms with E-state index in [4.69, 9.17) is 0 Å². The van der Waals surface area contributed by atoms with Crippen LogP contribution in [-0.2, 0) is 5.54 Å². The Bertz CT molecular complexity index is 523. The molecule has 0 aliphatic heterocycles. The Balaban J connectivity index is 2.01. The lowest BCUT2D eigenvalue weighted by atomic mass is 9.79. The Morgan fingerprint density at radius 3 is 2.48 bits per heavy atom. The van der Waals surface area contributed by atoms with Gasteiger partial charge in [-0.05, 0) is 60.8 Å². The lowest BCUT2D eigenvalue weighted by Gasteiger charge is -2.39. The highest BCUT2D eigenvalue weighted by Crippen LogP contribution is 2.30. The van der Waals surface area contributed by atoms with Crippen molar-refractivity contribution >= 4 is 6.03 Å². The Hall–Kier alpha value is -1.52. The molecule has 5 heteroatoms. The molecule has 118 valence electrons. The third-order valence-electron chi connectivity index (χ3n) is 4.31. The van der Waals surface area contributed by atoms with Crippen LogP contribution in [0.25, 0.3) is 0 Å². The molecule has 1 aliphatic rings. The third-order valence-corrected chi connectivity index (χ3v) is 4.31. The maximum absolute atomic E-state index is 12.1. The first-order chi connectivity index (χ1) is 9.61. The van der Waals surface area contributed by atoms with Gasteiger partial charge in [-0.1, -0.05) is 0 Å². The fraction of sp³-hybridized carbons (Fsp3) is 0.750. The number of carbonyl (C=O) groups is 1. The molecular weight excluding hydrogens is 264 g/mol. The van der Waals surface area contributed by atoms with Gasteiger partial charge in [0.1, 0.15) is 0 Å². The summed E-state index contributed by atoms with van der Waals surface area (Å²) in [6.07, 6.45) is 5.36. The molecular formula is C16H28N4O. The van der Waals surface area contributed by atoms with Gasteiger partial charge in [-0.15, -0.1) is 0 Å². The Morgan fingerprint density at radius 2 is 2.05 bits per heavy atom. The molecule has 2 N–H and O–H groups in total. The highest BCUT2D eigenvalue weighted by atomic mass is 16.2. The summed E-state index contributed by atoms with van der Waals surface area (Å²) in [7, 11) is 0. The molecule has 0 bridgehead atoms. The van der Waals surface area contributed by atoms with E-state index in [2.05, 4.69) is 43.4 Å². The van der Waals surface area contributed by atoms with Crippen molar-refractivity contribution in [2.24, 2.45) is 0 Å². The zero-order chi connectivity index (χ0) is 15.8. The smallest absolute Gasteiger partial charge is 0.315 e. The number of carbonyl (C=O) groups excluding carboxylic acids is 1. The standard InChI is InChI=1S/C16H28N4O/c1-11(17-14(21)18-16(6)8-7-9-16)13-10-20(15(3,4)5)19-12(13)2/h10-11H,7-9H2,1-6H3,(H2,17,18,21)/t11-/m1/s1. The largest absolute Gasteiger partial charge is 0.333 e. The summed E-state index contributed by atoms with van der Waals surface area (Å²) in [6, 6.07) is -0.141. The zero-order valence-electron chi connectivity index (χ0n) is 14.1. The first kappa shape index (κ1) is 15.9. The summed E-state index contributed by atoms with van der Waals surface area (Å²) in [6.45, 7) is 12.4. The van der Waals surface area contributed by atoms with Gasteiger partial charge in [-0.2, -0.15) is 5.10 Å². The van der Waals surface area contributed by atoms with Gasteiger partial charge in [0, 0.05) is 17.3 Å². The molecule has 0 radical (unpaired) electrons. The van der Waals surface area contributed by atoms with Gasteiger partial charge in [-0.3, -0.25) is 4.68 Å². The summed E-state index contributed by atoms with van der Waals surface area (Å²) in [5.41, 5.74) is 1.96. The minimum atomic E-state index is -0.0902. The van der Waals surface area contributed by atoms with Crippen molar-refractivity contribution < 1.29 is 4.79 Å². The van der Waals surface area contributed by atoms with E-state index in [0.717, 1.165) is 24.1 Å². The van der Waals surface area contributed by atoms with Crippen LogP contribution in [0.1, 0.15) is 71.2 Å². The quantitative estimate of drug-likeness (QED) is 0.898. The molecule has 0 saturated heterocycles. The molecule has 1 saturated carbocycles. The lowest BCUT2D eigenvalue weighted by molar-refractivity contribution is 0.189. The van der Waals surface area contributed by atoms with Crippen LogP contribution in [0.15, 0.2) is 6.20 Å². The van der Waals surface area contributed by atoms with Crippen LogP contribution < -0.4 is 10.6 Å². The number of aromatic nitrogens is 2. The van der Waals surface area contributed by atoms with Crippen molar-refractivity contribution in [3.63, 3.8) is 0 Å². The molecule has 2 rings (SSSR count). The fourth-order valence-corrected chi connectivity index (χ4v) is 2.66. The van der Waals surface area contributed by atoms with E-state index in [1.807, 2.05) is 24.7 Å². The average molecular weight is 292 g/mol. The van der Waals surface area contributed by atoms with Crippen LogP contribution >= 0.6 is 0 Å². The van der Waals surface area contributed by atoms with Crippen LogP contribution in [-0.4, -0.2) is 21.4 Å². The maximum Gasteiger partial charge on any atom is 0.315 e. The number of hydrogen-bond donors (Lipinski definition) is 2. The lowest BCUT2D eigenvalue weighted by Crippen LogP contribution is -2.54. The molecule has 1 aromatic heterocycles. The van der Waals surface area contributed by atoms with Gasteiger partial charge in [0.25, 0.3) is 0 Å². The first-order valence-corrected chi connectivity index (χ1v) is 7.76. The third kappa shape index (κ3) is 3.57. The monoisotopic (exact) mass is 292 g/mol. The normalized spacial score (nSPS) is 18.8. The van der Waals surface area contributed by atoms with Crippen molar-refractivity contribution in [3.05, 3.63) is 17.5 Å². The van der Waals surface area contributed by atoms with Crippen LogP contribution in [0.5, 0.6) is 0 Å². The molecule has 21 heavy (non-hydrogen) atoms. The summed E-state index contributed by atoms with van der Waals surface area (Å²) in [5, 5.41) is 10.7. The summed E-state index contributed by atoms with van der Waals surface area (Å²) in [4.78, 5) is 12.1. The molecule has 1 heterocycles. The molecule has 1 aromatic rings. The van der Waals surface area contributed by atoms with Gasteiger partial charge in [0.15, 0.2) is 0 Å². The van der Waals surface area contributed by atoms with Gasteiger partial charge < -0.3 is 10.6 Å². The summed E-state index contributed by atoms with van der Waals surface area (Å²) in [5.74, 6) is 0. The van der Waals surface area contributed by atoms with Crippen molar-refractivity contribution in [1.82, 2.24) is 20.4 Å². The van der Waals surface area contributed by atoms with E-state index in [9.17, 15) is 4.79 Å². The Labute approximate surface area is 127 Å². The number of nitrogens with one attached hydrogen (secondary N) is 2. The molecule has 5 nitrogen and oxygen atoms in total. The molecule has 1 fully saturated rings. The summed E-state index contributed by atoms with van der Waals surface area (Å²) >= 11 is 0. The van der Waals surface area contributed by atoms with Gasteiger partial charge in [-0.25, -0.2) is 4.79 Å². The van der Waals surface area contributed by atoms with E-state index in [1.165, 1.54) is 6.42 Å². The Kier molecular flexibility index (Phi) is 4.04. The van der Waals surface area contributed by atoms with Crippen molar-refractivity contribution in [1.29, 1.82) is 0 Å². The molecule has 0 aromatic carbocycles.